The van der Waals surface area contributed by atoms with E-state index in [4.69, 9.17) is 21.1 Å². The van der Waals surface area contributed by atoms with Gasteiger partial charge in [-0.15, -0.1) is 0 Å². The van der Waals surface area contributed by atoms with Gasteiger partial charge in [-0.2, -0.15) is 5.10 Å². The van der Waals surface area contributed by atoms with Crippen molar-refractivity contribution in [3.8, 4) is 5.88 Å². The third-order valence-electron chi connectivity index (χ3n) is 4.10. The minimum atomic E-state index is -3.51. The van der Waals surface area contributed by atoms with Crippen molar-refractivity contribution in [1.82, 2.24) is 9.78 Å². The van der Waals surface area contributed by atoms with Crippen molar-refractivity contribution in [3.05, 3.63) is 39.0 Å². The molecule has 1 heterocycles. The zero-order valence-corrected chi connectivity index (χ0v) is 18.0. The fourth-order valence-electron chi connectivity index (χ4n) is 3.05. The summed E-state index contributed by atoms with van der Waals surface area (Å²) in [7, 11) is -1.93. The normalized spacial score (nSPS) is 11.4. The summed E-state index contributed by atoms with van der Waals surface area (Å²) >= 11 is 6.36. The van der Waals surface area contributed by atoms with Gasteiger partial charge in [0, 0.05) is 25.8 Å². The number of esters is 1. The lowest BCUT2D eigenvalue weighted by molar-refractivity contribution is -0.147. The molecular formula is C18H21ClN2O6S. The summed E-state index contributed by atoms with van der Waals surface area (Å²) < 4.78 is 35.6. The van der Waals surface area contributed by atoms with Crippen LogP contribution in [0.25, 0.3) is 0 Å². The predicted octanol–water partition coefficient (Wildman–Crippen LogP) is 2.53. The van der Waals surface area contributed by atoms with Crippen molar-refractivity contribution in [2.24, 2.45) is 7.05 Å². The van der Waals surface area contributed by atoms with Gasteiger partial charge in [0.1, 0.15) is 5.56 Å². The van der Waals surface area contributed by atoms with Crippen molar-refractivity contribution in [3.63, 3.8) is 0 Å². The van der Waals surface area contributed by atoms with Crippen molar-refractivity contribution < 1.29 is 27.5 Å². The number of hydrogen-bond acceptors (Lipinski definition) is 7. The molecular weight excluding hydrogens is 408 g/mol. The van der Waals surface area contributed by atoms with Crippen LogP contribution in [0, 0.1) is 20.8 Å². The lowest BCUT2D eigenvalue weighted by Crippen LogP contribution is -2.13. The zero-order valence-electron chi connectivity index (χ0n) is 16.4. The van der Waals surface area contributed by atoms with Gasteiger partial charge in [0.05, 0.1) is 15.6 Å². The first-order valence-corrected chi connectivity index (χ1v) is 10.5. The third-order valence-corrected chi connectivity index (χ3v) is 5.95. The molecule has 8 nitrogen and oxygen atoms in total. The molecule has 0 N–H and O–H groups in total. The summed E-state index contributed by atoms with van der Waals surface area (Å²) in [5, 5.41) is 4.22. The SMILES string of the molecule is CC(=O)OCOc1c(C(=O)c2cc(C)c(S(C)(=O)=O)c(C)c2Cl)c(C)nn1C. The Labute approximate surface area is 168 Å². The van der Waals surface area contributed by atoms with Gasteiger partial charge in [-0.25, -0.2) is 13.1 Å². The average molecular weight is 429 g/mol. The second kappa shape index (κ2) is 7.92. The van der Waals surface area contributed by atoms with Gasteiger partial charge in [-0.1, -0.05) is 11.6 Å². The van der Waals surface area contributed by atoms with Crippen LogP contribution in [-0.4, -0.2) is 43.0 Å². The standard InChI is InChI=1S/C18H21ClN2O6S/c1-9-7-13(15(19)10(2)17(9)28(6,24)25)16(23)14-11(3)20-21(5)18(14)27-8-26-12(4)22/h7H,8H2,1-6H3. The molecule has 0 fully saturated rings. The Kier molecular flexibility index (Phi) is 6.20. The first kappa shape index (κ1) is 21.9. The fraction of sp³-hybridized carbons (Fsp3) is 0.389. The molecule has 152 valence electrons. The molecule has 1 aromatic carbocycles. The van der Waals surface area contributed by atoms with Crippen molar-refractivity contribution >= 4 is 33.2 Å². The molecule has 2 rings (SSSR count). The molecule has 0 aliphatic carbocycles. The Balaban J connectivity index is 2.57. The van der Waals surface area contributed by atoms with Crippen LogP contribution in [0.1, 0.15) is 39.7 Å². The van der Waals surface area contributed by atoms with Gasteiger partial charge in [0.15, 0.2) is 9.84 Å². The number of halogens is 1. The highest BCUT2D eigenvalue weighted by molar-refractivity contribution is 7.90. The number of ketones is 1. The number of benzene rings is 1. The highest BCUT2D eigenvalue weighted by Gasteiger charge is 2.28. The summed E-state index contributed by atoms with van der Waals surface area (Å²) in [6.07, 6.45) is 1.09. The zero-order chi connectivity index (χ0) is 21.4. The molecule has 0 unspecified atom stereocenters. The van der Waals surface area contributed by atoms with Gasteiger partial charge in [0.25, 0.3) is 0 Å². The number of hydrogen-bond donors (Lipinski definition) is 0. The molecule has 1 aromatic heterocycles. The van der Waals surface area contributed by atoms with E-state index in [2.05, 4.69) is 5.10 Å². The van der Waals surface area contributed by atoms with E-state index in [9.17, 15) is 18.0 Å². The van der Waals surface area contributed by atoms with Crippen molar-refractivity contribution in [2.75, 3.05) is 13.0 Å². The van der Waals surface area contributed by atoms with E-state index in [1.807, 2.05) is 0 Å². The Morgan fingerprint density at radius 1 is 1.25 bits per heavy atom. The number of aromatic nitrogens is 2. The average Bonchev–Trinajstić information content (AvgIpc) is 2.82. The third kappa shape index (κ3) is 4.20. The first-order valence-electron chi connectivity index (χ1n) is 8.20. The molecule has 0 spiro atoms. The molecule has 28 heavy (non-hydrogen) atoms. The molecule has 0 radical (unpaired) electrons. The number of aryl methyl sites for hydroxylation is 3. The van der Waals surface area contributed by atoms with Gasteiger partial charge in [-0.3, -0.25) is 9.59 Å². The number of nitrogens with zero attached hydrogens (tertiary/aromatic N) is 2. The van der Waals surface area contributed by atoms with Crippen molar-refractivity contribution in [2.45, 2.75) is 32.6 Å². The van der Waals surface area contributed by atoms with Crippen LogP contribution in [0.2, 0.25) is 5.02 Å². The van der Waals surface area contributed by atoms with E-state index in [-0.39, 0.29) is 33.7 Å². The summed E-state index contributed by atoms with van der Waals surface area (Å²) in [5.41, 5.74) is 1.40. The van der Waals surface area contributed by atoms with Crippen LogP contribution in [0.3, 0.4) is 0 Å². The number of carbonyl (C=O) groups is 2. The molecule has 0 aliphatic rings. The van der Waals surface area contributed by atoms with E-state index >= 15 is 0 Å². The number of rotatable bonds is 6. The Hall–Kier alpha value is -2.39. The number of sulfone groups is 1. The van der Waals surface area contributed by atoms with Crippen LogP contribution in [0.4, 0.5) is 0 Å². The summed E-state index contributed by atoms with van der Waals surface area (Å²) in [6, 6.07) is 1.44. The predicted molar refractivity (Wildman–Crippen MR) is 103 cm³/mol. The minimum absolute atomic E-state index is 0.0465. The maximum absolute atomic E-state index is 13.2. The van der Waals surface area contributed by atoms with Crippen LogP contribution in [0.15, 0.2) is 11.0 Å². The second-order valence-electron chi connectivity index (χ2n) is 6.40. The smallest absolute Gasteiger partial charge is 0.305 e. The highest BCUT2D eigenvalue weighted by atomic mass is 35.5. The molecule has 0 saturated heterocycles. The Bertz CT molecular complexity index is 1070. The minimum Gasteiger partial charge on any atom is -0.440 e. The Morgan fingerprint density at radius 2 is 1.86 bits per heavy atom. The highest BCUT2D eigenvalue weighted by Crippen LogP contribution is 2.34. The monoisotopic (exact) mass is 428 g/mol. The molecule has 0 amide bonds. The quantitative estimate of drug-likeness (QED) is 0.395. The first-order chi connectivity index (χ1) is 12.9. The number of ether oxygens (including phenoxy) is 2. The van der Waals surface area contributed by atoms with Crippen LogP contribution >= 0.6 is 11.6 Å². The van der Waals surface area contributed by atoms with E-state index in [1.165, 1.54) is 17.7 Å². The van der Waals surface area contributed by atoms with Gasteiger partial charge >= 0.3 is 5.97 Å². The van der Waals surface area contributed by atoms with E-state index in [0.29, 0.717) is 16.8 Å². The largest absolute Gasteiger partial charge is 0.440 e. The number of carbonyl (C=O) groups excluding carboxylic acids is 2. The summed E-state index contributed by atoms with van der Waals surface area (Å²) in [6.45, 7) is 5.64. The van der Waals surface area contributed by atoms with Crippen LogP contribution in [-0.2, 0) is 26.4 Å². The molecule has 2 aromatic rings. The Morgan fingerprint density at radius 3 is 2.39 bits per heavy atom. The molecule has 10 heteroatoms. The van der Waals surface area contributed by atoms with Crippen LogP contribution < -0.4 is 4.74 Å². The topological polar surface area (TPSA) is 105 Å². The summed E-state index contributed by atoms with van der Waals surface area (Å²) in [4.78, 5) is 24.2. The van der Waals surface area contributed by atoms with E-state index < -0.39 is 21.6 Å². The molecule has 0 aliphatic heterocycles. The van der Waals surface area contributed by atoms with Crippen LogP contribution in [0.5, 0.6) is 5.88 Å². The molecule has 0 saturated carbocycles. The van der Waals surface area contributed by atoms with Gasteiger partial charge in [0.2, 0.25) is 18.5 Å². The maximum Gasteiger partial charge on any atom is 0.305 e. The van der Waals surface area contributed by atoms with E-state index in [0.717, 1.165) is 6.26 Å². The lowest BCUT2D eigenvalue weighted by Gasteiger charge is -2.14. The van der Waals surface area contributed by atoms with Crippen molar-refractivity contribution in [1.29, 1.82) is 0 Å². The summed E-state index contributed by atoms with van der Waals surface area (Å²) in [5.74, 6) is -0.889. The fourth-order valence-corrected chi connectivity index (χ4v) is 4.64. The molecule has 0 bridgehead atoms. The second-order valence-corrected chi connectivity index (χ2v) is 8.73. The maximum atomic E-state index is 13.2. The lowest BCUT2D eigenvalue weighted by atomic mass is 9.99. The molecule has 0 atom stereocenters. The van der Waals surface area contributed by atoms with Gasteiger partial charge in [-0.05, 0) is 38.0 Å². The van der Waals surface area contributed by atoms with Gasteiger partial charge < -0.3 is 9.47 Å². The van der Waals surface area contributed by atoms with E-state index in [1.54, 1.807) is 27.8 Å².